The van der Waals surface area contributed by atoms with E-state index in [9.17, 15) is 43.2 Å². The number of phosphoric ester groups is 2. The summed E-state index contributed by atoms with van der Waals surface area (Å²) in [5, 5.41) is 10.5. The van der Waals surface area contributed by atoms with E-state index in [1.54, 1.807) is 0 Å². The molecule has 5 atom stereocenters. The highest BCUT2D eigenvalue weighted by atomic mass is 31.2. The number of carbonyl (C=O) groups excluding carboxylic acids is 4. The molecule has 0 aromatic carbocycles. The van der Waals surface area contributed by atoms with Crippen molar-refractivity contribution in [3.05, 3.63) is 24.3 Å². The van der Waals surface area contributed by atoms with Gasteiger partial charge in [0.25, 0.3) is 0 Å². The molecule has 0 saturated heterocycles. The topological polar surface area (TPSA) is 237 Å². The fourth-order valence-electron chi connectivity index (χ4n) is 9.27. The van der Waals surface area contributed by atoms with Crippen molar-refractivity contribution in [1.82, 2.24) is 0 Å². The Kier molecular flexibility index (Phi) is 57.8. The second-order valence-electron chi connectivity index (χ2n) is 22.8. The second-order valence-corrected chi connectivity index (χ2v) is 25.7. The van der Waals surface area contributed by atoms with Crippen molar-refractivity contribution in [2.24, 2.45) is 0 Å². The summed E-state index contributed by atoms with van der Waals surface area (Å²) in [6.07, 6.45) is 47.9. The van der Waals surface area contributed by atoms with Crippen molar-refractivity contribution >= 4 is 39.5 Å². The van der Waals surface area contributed by atoms with Gasteiger partial charge in [-0.2, -0.15) is 0 Å². The lowest BCUT2D eigenvalue weighted by Crippen LogP contribution is -2.30. The third-order valence-corrected chi connectivity index (χ3v) is 16.4. The van der Waals surface area contributed by atoms with Gasteiger partial charge in [-0.15, -0.1) is 0 Å². The molecule has 0 aromatic heterocycles. The number of rotatable bonds is 64. The van der Waals surface area contributed by atoms with E-state index in [1.165, 1.54) is 128 Å². The summed E-state index contributed by atoms with van der Waals surface area (Å²) in [5.41, 5.74) is 0. The predicted molar refractivity (Wildman–Crippen MR) is 335 cm³/mol. The molecule has 0 aliphatic carbocycles. The highest BCUT2D eigenvalue weighted by Gasteiger charge is 2.30. The SMILES string of the molecule is CCCCCC/C=C\C=C/CCCCCCCC(=O)O[C@H](COC(=O)CCCCCCCCCCCCC)COP(=O)(O)OC[C@@H](O)COP(=O)(O)OC[C@@H](COC(=O)CCCCCCCCCCC)OC(=O)CCCCCCCCCCC. The lowest BCUT2D eigenvalue weighted by atomic mass is 10.1. The molecule has 494 valence electrons. The molecule has 0 heterocycles. The first-order valence-corrected chi connectivity index (χ1v) is 36.6. The molecule has 0 spiro atoms. The largest absolute Gasteiger partial charge is 0.472 e. The van der Waals surface area contributed by atoms with Crippen LogP contribution in [0.3, 0.4) is 0 Å². The molecule has 19 heteroatoms. The molecule has 0 radical (unpaired) electrons. The molecule has 2 unspecified atom stereocenters. The zero-order valence-electron chi connectivity index (χ0n) is 53.3. The molecule has 0 bridgehead atoms. The molecule has 0 fully saturated rings. The fourth-order valence-corrected chi connectivity index (χ4v) is 10.8. The summed E-state index contributed by atoms with van der Waals surface area (Å²) >= 11 is 0. The number of hydrogen-bond acceptors (Lipinski definition) is 15. The lowest BCUT2D eigenvalue weighted by Gasteiger charge is -2.21. The van der Waals surface area contributed by atoms with E-state index < -0.39 is 97.5 Å². The first-order valence-electron chi connectivity index (χ1n) is 33.6. The van der Waals surface area contributed by atoms with Gasteiger partial charge in [-0.1, -0.05) is 257 Å². The number of unbranched alkanes of at least 4 members (excludes halogenated alkanes) is 35. The van der Waals surface area contributed by atoms with Gasteiger partial charge in [-0.3, -0.25) is 37.3 Å². The van der Waals surface area contributed by atoms with Crippen LogP contribution in [0.25, 0.3) is 0 Å². The Hall–Kier alpha value is -2.46. The van der Waals surface area contributed by atoms with Crippen LogP contribution >= 0.6 is 15.6 Å². The Morgan fingerprint density at radius 2 is 0.571 bits per heavy atom. The van der Waals surface area contributed by atoms with Gasteiger partial charge in [0.2, 0.25) is 0 Å². The number of aliphatic hydroxyl groups is 1. The molecular formula is C65H122O17P2. The maximum absolute atomic E-state index is 13.0. The Morgan fingerprint density at radius 1 is 0.333 bits per heavy atom. The molecule has 17 nitrogen and oxygen atoms in total. The molecular weight excluding hydrogens is 1110 g/mol. The van der Waals surface area contributed by atoms with Crippen LogP contribution in [0.1, 0.15) is 310 Å². The normalized spacial score (nSPS) is 14.3. The smallest absolute Gasteiger partial charge is 0.462 e. The van der Waals surface area contributed by atoms with Crippen molar-refractivity contribution in [2.75, 3.05) is 39.6 Å². The zero-order chi connectivity index (χ0) is 61.9. The standard InChI is InChI=1S/C65H122O17P2/c1-5-9-13-17-21-25-27-28-29-30-32-36-40-44-48-52-65(70)82-61(56-76-63(68)50-46-42-38-35-31-26-22-18-14-10-6-2)58-80-84(73,74)78-54-59(66)53-77-83(71,72)79-57-60(81-64(69)51-47-43-39-34-24-20-16-12-8-4)55-75-62(67)49-45-41-37-33-23-19-15-11-7-3/h25,27-29,59-61,66H,5-24,26,30-58H2,1-4H3,(H,71,72)(H,73,74)/b27-25-,29-28-/t59-,60+,61+/m0/s1. The van der Waals surface area contributed by atoms with Gasteiger partial charge >= 0.3 is 39.5 Å². The van der Waals surface area contributed by atoms with E-state index in [-0.39, 0.29) is 25.7 Å². The number of esters is 4. The van der Waals surface area contributed by atoms with Crippen molar-refractivity contribution in [1.29, 1.82) is 0 Å². The quantitative estimate of drug-likeness (QED) is 0.0169. The first-order chi connectivity index (χ1) is 40.7. The average Bonchev–Trinajstić information content (AvgIpc) is 3.60. The average molecular weight is 1240 g/mol. The van der Waals surface area contributed by atoms with Gasteiger partial charge < -0.3 is 33.8 Å². The number of carbonyl (C=O) groups is 4. The van der Waals surface area contributed by atoms with E-state index in [2.05, 4.69) is 52.0 Å². The summed E-state index contributed by atoms with van der Waals surface area (Å²) in [7, 11) is -9.89. The number of hydrogen-bond donors (Lipinski definition) is 3. The third-order valence-electron chi connectivity index (χ3n) is 14.5. The van der Waals surface area contributed by atoms with Crippen molar-refractivity contribution in [3.63, 3.8) is 0 Å². The minimum Gasteiger partial charge on any atom is -0.462 e. The molecule has 0 saturated carbocycles. The van der Waals surface area contributed by atoms with Gasteiger partial charge in [-0.05, 0) is 51.4 Å². The van der Waals surface area contributed by atoms with E-state index >= 15 is 0 Å². The van der Waals surface area contributed by atoms with Gasteiger partial charge in [0.05, 0.1) is 26.4 Å². The fraction of sp³-hybridized carbons (Fsp3) is 0.877. The first kappa shape index (κ1) is 81.5. The minimum atomic E-state index is -4.95. The molecule has 0 aliphatic rings. The summed E-state index contributed by atoms with van der Waals surface area (Å²) in [4.78, 5) is 72.1. The van der Waals surface area contributed by atoms with Crippen LogP contribution in [-0.4, -0.2) is 96.7 Å². The van der Waals surface area contributed by atoms with E-state index in [0.29, 0.717) is 25.7 Å². The molecule has 84 heavy (non-hydrogen) atoms. The summed E-state index contributed by atoms with van der Waals surface area (Å²) in [6.45, 7) is 4.80. The summed E-state index contributed by atoms with van der Waals surface area (Å²) in [6, 6.07) is 0. The Bertz CT molecular complexity index is 1710. The van der Waals surface area contributed by atoms with Crippen molar-refractivity contribution < 1.29 is 80.2 Å². The van der Waals surface area contributed by atoms with E-state index in [1.807, 2.05) is 0 Å². The monoisotopic (exact) mass is 1240 g/mol. The van der Waals surface area contributed by atoms with Gasteiger partial charge in [0.1, 0.15) is 19.3 Å². The van der Waals surface area contributed by atoms with Gasteiger partial charge in [0.15, 0.2) is 12.2 Å². The van der Waals surface area contributed by atoms with Gasteiger partial charge in [-0.25, -0.2) is 9.13 Å². The van der Waals surface area contributed by atoms with Gasteiger partial charge in [0, 0.05) is 25.7 Å². The summed E-state index contributed by atoms with van der Waals surface area (Å²) in [5.74, 6) is -2.16. The highest BCUT2D eigenvalue weighted by molar-refractivity contribution is 7.47. The molecule has 0 rings (SSSR count). The summed E-state index contributed by atoms with van der Waals surface area (Å²) < 4.78 is 67.9. The molecule has 0 amide bonds. The van der Waals surface area contributed by atoms with Crippen LogP contribution in [-0.2, 0) is 65.4 Å². The molecule has 0 aliphatic heterocycles. The molecule has 0 aromatic rings. The predicted octanol–water partition coefficient (Wildman–Crippen LogP) is 17.9. The number of phosphoric acid groups is 2. The number of allylic oxidation sites excluding steroid dienone is 4. The minimum absolute atomic E-state index is 0.0855. The Labute approximate surface area is 510 Å². The zero-order valence-corrected chi connectivity index (χ0v) is 55.1. The van der Waals surface area contributed by atoms with Crippen LogP contribution in [0.15, 0.2) is 24.3 Å². The van der Waals surface area contributed by atoms with Crippen LogP contribution in [0, 0.1) is 0 Å². The highest BCUT2D eigenvalue weighted by Crippen LogP contribution is 2.45. The Morgan fingerprint density at radius 3 is 0.869 bits per heavy atom. The van der Waals surface area contributed by atoms with Crippen LogP contribution in [0.2, 0.25) is 0 Å². The van der Waals surface area contributed by atoms with E-state index in [4.69, 9.17) is 37.0 Å². The van der Waals surface area contributed by atoms with Crippen LogP contribution < -0.4 is 0 Å². The van der Waals surface area contributed by atoms with Crippen LogP contribution in [0.5, 0.6) is 0 Å². The second kappa shape index (κ2) is 59.5. The lowest BCUT2D eigenvalue weighted by molar-refractivity contribution is -0.161. The molecule has 3 N–H and O–H groups in total. The van der Waals surface area contributed by atoms with Crippen molar-refractivity contribution in [2.45, 2.75) is 329 Å². The Balaban J connectivity index is 5.25. The van der Waals surface area contributed by atoms with Crippen LogP contribution in [0.4, 0.5) is 0 Å². The third kappa shape index (κ3) is 58.6. The van der Waals surface area contributed by atoms with E-state index in [0.717, 1.165) is 103 Å². The maximum Gasteiger partial charge on any atom is 0.472 e. The number of aliphatic hydroxyl groups excluding tert-OH is 1. The maximum atomic E-state index is 13.0. The van der Waals surface area contributed by atoms with Crippen molar-refractivity contribution in [3.8, 4) is 0 Å². The number of ether oxygens (including phenoxy) is 4.